The SMILES string of the molecule is NCc1c(C(F)F)cnc(I)c1OC(F)(F)F. The molecule has 1 aromatic heterocycles. The van der Waals surface area contributed by atoms with E-state index in [0.717, 1.165) is 6.20 Å². The number of ether oxygens (including phenoxy) is 1. The van der Waals surface area contributed by atoms with E-state index in [2.05, 4.69) is 9.72 Å². The number of aromatic nitrogens is 1. The van der Waals surface area contributed by atoms with Gasteiger partial charge in [0.25, 0.3) is 6.43 Å². The number of nitrogens with two attached hydrogens (primary N) is 1. The quantitative estimate of drug-likeness (QED) is 0.507. The van der Waals surface area contributed by atoms with Crippen molar-refractivity contribution in [3.05, 3.63) is 21.0 Å². The Morgan fingerprint density at radius 1 is 1.41 bits per heavy atom. The molecule has 0 radical (unpaired) electrons. The molecule has 0 saturated carbocycles. The maximum Gasteiger partial charge on any atom is 0.573 e. The smallest absolute Gasteiger partial charge is 0.403 e. The molecular weight excluding hydrogens is 362 g/mol. The Morgan fingerprint density at radius 2 is 2.00 bits per heavy atom. The van der Waals surface area contributed by atoms with E-state index in [9.17, 15) is 22.0 Å². The van der Waals surface area contributed by atoms with Crippen LogP contribution in [0.1, 0.15) is 17.6 Å². The molecule has 9 heteroatoms. The fraction of sp³-hybridized carbons (Fsp3) is 0.375. The van der Waals surface area contributed by atoms with Gasteiger partial charge in [0, 0.05) is 23.9 Å². The van der Waals surface area contributed by atoms with Gasteiger partial charge in [0.15, 0.2) is 5.75 Å². The largest absolute Gasteiger partial charge is 0.573 e. The van der Waals surface area contributed by atoms with E-state index in [4.69, 9.17) is 5.73 Å². The molecule has 0 amide bonds. The second kappa shape index (κ2) is 5.29. The molecule has 0 bridgehead atoms. The van der Waals surface area contributed by atoms with Gasteiger partial charge in [-0.25, -0.2) is 13.8 Å². The summed E-state index contributed by atoms with van der Waals surface area (Å²) in [5, 5.41) is 0. The van der Waals surface area contributed by atoms with Crippen LogP contribution in [0.4, 0.5) is 22.0 Å². The second-order valence-electron chi connectivity index (χ2n) is 2.86. The van der Waals surface area contributed by atoms with Crippen LogP contribution >= 0.6 is 22.6 Å². The Bertz CT molecular complexity index is 410. The summed E-state index contributed by atoms with van der Waals surface area (Å²) >= 11 is 1.45. The Morgan fingerprint density at radius 3 is 2.41 bits per heavy atom. The predicted octanol–water partition coefficient (Wildman–Crippen LogP) is 2.98. The summed E-state index contributed by atoms with van der Waals surface area (Å²) in [5.41, 5.74) is 4.11. The molecule has 3 nitrogen and oxygen atoms in total. The van der Waals surface area contributed by atoms with Gasteiger partial charge in [-0.2, -0.15) is 0 Å². The van der Waals surface area contributed by atoms with Crippen molar-refractivity contribution in [2.24, 2.45) is 5.73 Å². The van der Waals surface area contributed by atoms with Gasteiger partial charge in [-0.15, -0.1) is 13.2 Å². The average molecular weight is 368 g/mol. The fourth-order valence-corrected chi connectivity index (χ4v) is 1.71. The lowest BCUT2D eigenvalue weighted by Crippen LogP contribution is -2.21. The van der Waals surface area contributed by atoms with Crippen molar-refractivity contribution in [1.29, 1.82) is 0 Å². The summed E-state index contributed by atoms with van der Waals surface area (Å²) < 4.78 is 64.8. The second-order valence-corrected chi connectivity index (χ2v) is 3.89. The summed E-state index contributed by atoms with van der Waals surface area (Å²) in [6.45, 7) is -0.496. The van der Waals surface area contributed by atoms with Crippen LogP contribution in [-0.2, 0) is 6.54 Å². The Hall–Kier alpha value is -0.710. The zero-order chi connectivity index (χ0) is 13.2. The van der Waals surface area contributed by atoms with E-state index in [-0.39, 0.29) is 3.70 Å². The average Bonchev–Trinajstić information content (AvgIpc) is 2.18. The number of hydrogen-bond donors (Lipinski definition) is 1. The van der Waals surface area contributed by atoms with Crippen LogP contribution in [0.25, 0.3) is 0 Å². The zero-order valence-electron chi connectivity index (χ0n) is 8.06. The Kier molecular flexibility index (Phi) is 4.47. The third-order valence-corrected chi connectivity index (χ3v) is 2.55. The normalized spacial score (nSPS) is 12.0. The van der Waals surface area contributed by atoms with Crippen molar-refractivity contribution in [3.63, 3.8) is 0 Å². The summed E-state index contributed by atoms with van der Waals surface area (Å²) in [7, 11) is 0. The van der Waals surface area contributed by atoms with Crippen LogP contribution in [0.3, 0.4) is 0 Å². The molecule has 2 N–H and O–H groups in total. The minimum atomic E-state index is -4.98. The first-order valence-electron chi connectivity index (χ1n) is 4.17. The number of halogens is 6. The molecular formula is C8H6F5IN2O. The van der Waals surface area contributed by atoms with E-state index in [1.807, 2.05) is 0 Å². The maximum absolute atomic E-state index is 12.5. The fourth-order valence-electron chi connectivity index (χ4n) is 1.14. The summed E-state index contributed by atoms with van der Waals surface area (Å²) in [5.74, 6) is -0.765. The van der Waals surface area contributed by atoms with Crippen molar-refractivity contribution in [2.75, 3.05) is 0 Å². The van der Waals surface area contributed by atoms with Gasteiger partial charge in [0.1, 0.15) is 3.70 Å². The molecule has 96 valence electrons. The Labute approximate surface area is 106 Å². The standard InChI is InChI=1S/C8H6F5IN2O/c9-6(10)4-2-16-7(14)5(3(4)1-15)17-8(11,12)13/h2,6H,1,15H2. The van der Waals surface area contributed by atoms with Crippen LogP contribution in [0.2, 0.25) is 0 Å². The molecule has 0 aliphatic carbocycles. The highest BCUT2D eigenvalue weighted by Gasteiger charge is 2.34. The lowest BCUT2D eigenvalue weighted by Gasteiger charge is -2.16. The van der Waals surface area contributed by atoms with Crippen LogP contribution in [0.15, 0.2) is 6.20 Å². The third-order valence-electron chi connectivity index (χ3n) is 1.78. The molecule has 1 heterocycles. The molecule has 1 aromatic rings. The van der Waals surface area contributed by atoms with E-state index in [1.54, 1.807) is 0 Å². The molecule has 0 atom stereocenters. The number of rotatable bonds is 3. The number of alkyl halides is 5. The Balaban J connectivity index is 3.30. The highest BCUT2D eigenvalue weighted by atomic mass is 127. The summed E-state index contributed by atoms with van der Waals surface area (Å²) in [6, 6.07) is 0. The summed E-state index contributed by atoms with van der Waals surface area (Å²) in [6.07, 6.45) is -7.15. The van der Waals surface area contributed by atoms with Crippen molar-refractivity contribution in [1.82, 2.24) is 4.98 Å². The first kappa shape index (κ1) is 14.4. The van der Waals surface area contributed by atoms with Crippen LogP contribution < -0.4 is 10.5 Å². The van der Waals surface area contributed by atoms with Gasteiger partial charge in [0.2, 0.25) is 0 Å². The van der Waals surface area contributed by atoms with Gasteiger partial charge in [0.05, 0.1) is 0 Å². The van der Waals surface area contributed by atoms with Gasteiger partial charge >= 0.3 is 6.36 Å². The highest BCUT2D eigenvalue weighted by Crippen LogP contribution is 2.35. The molecule has 17 heavy (non-hydrogen) atoms. The minimum absolute atomic E-state index is 0.176. The van der Waals surface area contributed by atoms with Gasteiger partial charge in [-0.1, -0.05) is 0 Å². The molecule has 0 unspecified atom stereocenters. The maximum atomic E-state index is 12.5. The molecule has 0 saturated heterocycles. The monoisotopic (exact) mass is 368 g/mol. The van der Waals surface area contributed by atoms with E-state index in [1.165, 1.54) is 22.6 Å². The van der Waals surface area contributed by atoms with Crippen molar-refractivity contribution < 1.29 is 26.7 Å². The topological polar surface area (TPSA) is 48.1 Å². The molecule has 1 rings (SSSR count). The molecule has 0 aromatic carbocycles. The number of nitrogens with zero attached hydrogens (tertiary/aromatic N) is 1. The van der Waals surface area contributed by atoms with Crippen LogP contribution in [0.5, 0.6) is 5.75 Å². The van der Waals surface area contributed by atoms with E-state index >= 15 is 0 Å². The number of pyridine rings is 1. The molecule has 0 aliphatic rings. The lowest BCUT2D eigenvalue weighted by molar-refractivity contribution is -0.275. The van der Waals surface area contributed by atoms with Crippen molar-refractivity contribution >= 4 is 22.6 Å². The predicted molar refractivity (Wildman–Crippen MR) is 56.5 cm³/mol. The number of hydrogen-bond acceptors (Lipinski definition) is 3. The lowest BCUT2D eigenvalue weighted by atomic mass is 10.1. The van der Waals surface area contributed by atoms with Gasteiger partial charge in [-0.05, 0) is 22.6 Å². The molecule has 0 spiro atoms. The first-order valence-corrected chi connectivity index (χ1v) is 5.25. The van der Waals surface area contributed by atoms with Gasteiger partial charge < -0.3 is 10.5 Å². The van der Waals surface area contributed by atoms with Crippen molar-refractivity contribution in [2.45, 2.75) is 19.3 Å². The highest BCUT2D eigenvalue weighted by molar-refractivity contribution is 14.1. The van der Waals surface area contributed by atoms with E-state index in [0.29, 0.717) is 0 Å². The first-order chi connectivity index (χ1) is 7.76. The van der Waals surface area contributed by atoms with E-state index < -0.39 is 36.2 Å². The van der Waals surface area contributed by atoms with Crippen LogP contribution in [-0.4, -0.2) is 11.3 Å². The zero-order valence-corrected chi connectivity index (χ0v) is 10.2. The third kappa shape index (κ3) is 3.63. The minimum Gasteiger partial charge on any atom is -0.403 e. The van der Waals surface area contributed by atoms with Gasteiger partial charge in [-0.3, -0.25) is 0 Å². The molecule has 0 aliphatic heterocycles. The summed E-state index contributed by atoms with van der Waals surface area (Å²) in [4.78, 5) is 3.42. The van der Waals surface area contributed by atoms with Crippen LogP contribution in [0, 0.1) is 3.70 Å². The van der Waals surface area contributed by atoms with Crippen molar-refractivity contribution in [3.8, 4) is 5.75 Å². The molecule has 0 fully saturated rings.